The number of aliphatic imine (C=N–C) groups is 1. The van der Waals surface area contributed by atoms with E-state index in [1.807, 2.05) is 6.26 Å². The van der Waals surface area contributed by atoms with Crippen LogP contribution in [0.2, 0.25) is 0 Å². The molecule has 21 heavy (non-hydrogen) atoms. The normalized spacial score (nSPS) is 18.5. The first-order valence-electron chi connectivity index (χ1n) is 6.92. The zero-order valence-electron chi connectivity index (χ0n) is 12.3. The van der Waals surface area contributed by atoms with E-state index in [1.54, 1.807) is 35.9 Å². The third-order valence-corrected chi connectivity index (χ3v) is 3.90. The number of aliphatic hydroxyl groups is 2. The maximum absolute atomic E-state index is 10.0. The van der Waals surface area contributed by atoms with Gasteiger partial charge in [-0.05, 0) is 13.2 Å². The topological polar surface area (TPSA) is 91.9 Å². The monoisotopic (exact) mass is 314 g/mol. The molecule has 3 N–H and O–H groups in total. The highest BCUT2D eigenvalue weighted by atomic mass is 32.2. The van der Waals surface area contributed by atoms with Crippen LogP contribution in [0.25, 0.3) is 0 Å². The van der Waals surface area contributed by atoms with Crippen LogP contribution in [0.5, 0.6) is 0 Å². The molecule has 1 aliphatic heterocycles. The van der Waals surface area contributed by atoms with E-state index >= 15 is 0 Å². The highest BCUT2D eigenvalue weighted by molar-refractivity contribution is 7.98. The third kappa shape index (κ3) is 3.97. The van der Waals surface area contributed by atoms with Crippen molar-refractivity contribution in [3.63, 3.8) is 0 Å². The highest BCUT2D eigenvalue weighted by Gasteiger charge is 2.26. The van der Waals surface area contributed by atoms with Gasteiger partial charge in [0.15, 0.2) is 12.0 Å². The number of aromatic nitrogens is 2. The number of thioether (sulfide) groups is 1. The molecular weight excluding hydrogens is 292 g/mol. The molecule has 0 fully saturated rings. The molecule has 2 rings (SSSR count). The lowest BCUT2D eigenvalue weighted by molar-refractivity contribution is -0.115. The second-order valence-electron chi connectivity index (χ2n) is 4.91. The molecular formula is C13H22N4O3S. The van der Waals surface area contributed by atoms with Crippen molar-refractivity contribution in [2.75, 3.05) is 25.2 Å². The first kappa shape index (κ1) is 16.3. The molecule has 118 valence electrons. The zero-order chi connectivity index (χ0) is 15.2. The van der Waals surface area contributed by atoms with Gasteiger partial charge in [0, 0.05) is 18.7 Å². The standard InChI is InChI=1S/C13H22N4O3S/c1-9(19)13(20-10(5-18)6-21-2)17-8-16-11-3-4-14-7-15-12(11)17/h7-10,13,18-19H,3-6H2,1-2H3,(H,14,15)/t9-,10-,13+/m0/s1. The van der Waals surface area contributed by atoms with E-state index in [4.69, 9.17) is 4.74 Å². The van der Waals surface area contributed by atoms with Gasteiger partial charge in [-0.15, -0.1) is 0 Å². The van der Waals surface area contributed by atoms with Crippen LogP contribution in [0.15, 0.2) is 11.3 Å². The molecule has 0 spiro atoms. The van der Waals surface area contributed by atoms with Crippen molar-refractivity contribution < 1.29 is 14.9 Å². The summed E-state index contributed by atoms with van der Waals surface area (Å²) >= 11 is 1.59. The summed E-state index contributed by atoms with van der Waals surface area (Å²) in [5, 5.41) is 22.5. The molecule has 0 unspecified atom stereocenters. The number of rotatable bonds is 7. The summed E-state index contributed by atoms with van der Waals surface area (Å²) < 4.78 is 7.59. The Bertz CT molecular complexity index is 478. The van der Waals surface area contributed by atoms with Gasteiger partial charge in [0.1, 0.15) is 0 Å². The molecule has 3 atom stereocenters. The van der Waals surface area contributed by atoms with E-state index in [-0.39, 0.29) is 12.7 Å². The van der Waals surface area contributed by atoms with Crippen molar-refractivity contribution >= 4 is 23.9 Å². The Hall–Kier alpha value is -1.09. The second-order valence-corrected chi connectivity index (χ2v) is 5.82. The molecule has 2 heterocycles. The Balaban J connectivity index is 2.24. The third-order valence-electron chi connectivity index (χ3n) is 3.20. The van der Waals surface area contributed by atoms with Gasteiger partial charge < -0.3 is 20.3 Å². The molecule has 0 bridgehead atoms. The van der Waals surface area contributed by atoms with Crippen LogP contribution in [0.3, 0.4) is 0 Å². The molecule has 0 aliphatic carbocycles. The molecule has 7 nitrogen and oxygen atoms in total. The molecule has 0 amide bonds. The van der Waals surface area contributed by atoms with E-state index in [9.17, 15) is 10.2 Å². The summed E-state index contributed by atoms with van der Waals surface area (Å²) in [6.45, 7) is 2.34. The minimum Gasteiger partial charge on any atom is -0.394 e. The molecule has 0 aromatic carbocycles. The van der Waals surface area contributed by atoms with Gasteiger partial charge in [0.2, 0.25) is 0 Å². The average molecular weight is 314 g/mol. The van der Waals surface area contributed by atoms with Gasteiger partial charge in [0.05, 0.1) is 37.2 Å². The van der Waals surface area contributed by atoms with Gasteiger partial charge in [-0.25, -0.2) is 9.98 Å². The highest BCUT2D eigenvalue weighted by Crippen LogP contribution is 2.27. The predicted molar refractivity (Wildman–Crippen MR) is 83.1 cm³/mol. The van der Waals surface area contributed by atoms with Gasteiger partial charge in [-0.3, -0.25) is 4.57 Å². The summed E-state index contributed by atoms with van der Waals surface area (Å²) in [4.78, 5) is 8.68. The smallest absolute Gasteiger partial charge is 0.162 e. The minimum atomic E-state index is -0.745. The van der Waals surface area contributed by atoms with Crippen molar-refractivity contribution in [1.29, 1.82) is 0 Å². The Labute approximate surface area is 128 Å². The Morgan fingerprint density at radius 3 is 3.05 bits per heavy atom. The summed E-state index contributed by atoms with van der Waals surface area (Å²) in [6.07, 6.45) is 4.27. The summed E-state index contributed by atoms with van der Waals surface area (Å²) in [5.74, 6) is 1.34. The van der Waals surface area contributed by atoms with Gasteiger partial charge in [-0.2, -0.15) is 11.8 Å². The number of fused-ring (bicyclic) bond motifs is 1. The molecule has 8 heteroatoms. The Morgan fingerprint density at radius 2 is 2.38 bits per heavy atom. The fourth-order valence-corrected chi connectivity index (χ4v) is 2.74. The quantitative estimate of drug-likeness (QED) is 0.671. The molecule has 0 saturated carbocycles. The summed E-state index contributed by atoms with van der Waals surface area (Å²) in [5.41, 5.74) is 0.871. The average Bonchev–Trinajstić information content (AvgIpc) is 2.71. The first-order valence-corrected chi connectivity index (χ1v) is 8.31. The summed E-state index contributed by atoms with van der Waals surface area (Å²) in [7, 11) is 0. The zero-order valence-corrected chi connectivity index (χ0v) is 13.1. The van der Waals surface area contributed by atoms with Crippen molar-refractivity contribution in [2.45, 2.75) is 31.8 Å². The lowest BCUT2D eigenvalue weighted by atomic mass is 10.3. The molecule has 0 radical (unpaired) electrons. The number of nitrogens with zero attached hydrogens (tertiary/aromatic N) is 3. The number of hydrogen-bond donors (Lipinski definition) is 3. The van der Waals surface area contributed by atoms with Crippen LogP contribution >= 0.6 is 11.8 Å². The lowest BCUT2D eigenvalue weighted by Gasteiger charge is -2.27. The number of aliphatic hydroxyl groups excluding tert-OH is 2. The van der Waals surface area contributed by atoms with E-state index in [0.29, 0.717) is 11.6 Å². The van der Waals surface area contributed by atoms with Crippen molar-refractivity contribution in [2.24, 2.45) is 4.99 Å². The van der Waals surface area contributed by atoms with E-state index < -0.39 is 12.3 Å². The van der Waals surface area contributed by atoms with E-state index in [1.165, 1.54) is 0 Å². The fraction of sp³-hybridized carbons (Fsp3) is 0.692. The number of imidazole rings is 1. The maximum atomic E-state index is 10.0. The fourth-order valence-electron chi connectivity index (χ4n) is 2.19. The van der Waals surface area contributed by atoms with E-state index in [0.717, 1.165) is 18.7 Å². The lowest BCUT2D eigenvalue weighted by Crippen LogP contribution is -2.31. The molecule has 0 saturated heterocycles. The maximum Gasteiger partial charge on any atom is 0.162 e. The number of nitrogens with one attached hydrogen (secondary N) is 1. The first-order chi connectivity index (χ1) is 10.2. The van der Waals surface area contributed by atoms with E-state index in [2.05, 4.69) is 15.3 Å². The second kappa shape index (κ2) is 7.79. The number of ether oxygens (including phenoxy) is 1. The molecule has 1 aromatic heterocycles. The van der Waals surface area contributed by atoms with Crippen molar-refractivity contribution in [3.8, 4) is 0 Å². The molecule has 1 aromatic rings. The minimum absolute atomic E-state index is 0.0915. The molecule has 1 aliphatic rings. The van der Waals surface area contributed by atoms with Crippen molar-refractivity contribution in [1.82, 2.24) is 14.9 Å². The predicted octanol–water partition coefficient (Wildman–Crippen LogP) is 0.308. The largest absolute Gasteiger partial charge is 0.394 e. The van der Waals surface area contributed by atoms with Crippen LogP contribution in [0.1, 0.15) is 18.8 Å². The Kier molecular flexibility index (Phi) is 6.04. The summed E-state index contributed by atoms with van der Waals surface area (Å²) in [6, 6.07) is 0. The van der Waals surface area contributed by atoms with Gasteiger partial charge in [0.25, 0.3) is 0 Å². The van der Waals surface area contributed by atoms with Gasteiger partial charge in [-0.1, -0.05) is 0 Å². The van der Waals surface area contributed by atoms with Crippen LogP contribution in [-0.4, -0.2) is 63.5 Å². The number of hydrogen-bond acceptors (Lipinski definition) is 7. The van der Waals surface area contributed by atoms with Crippen LogP contribution in [-0.2, 0) is 11.2 Å². The van der Waals surface area contributed by atoms with Crippen LogP contribution < -0.4 is 5.32 Å². The Morgan fingerprint density at radius 1 is 1.57 bits per heavy atom. The van der Waals surface area contributed by atoms with Crippen LogP contribution in [0, 0.1) is 0 Å². The SMILES string of the molecule is CSC[C@H](CO)O[C@H]([C@H](C)O)n1cnc2c1N=CNCC2. The van der Waals surface area contributed by atoms with Crippen molar-refractivity contribution in [3.05, 3.63) is 12.0 Å². The van der Waals surface area contributed by atoms with Gasteiger partial charge >= 0.3 is 0 Å². The van der Waals surface area contributed by atoms with Crippen LogP contribution in [0.4, 0.5) is 5.82 Å².